The van der Waals surface area contributed by atoms with Gasteiger partial charge in [0.05, 0.1) is 5.69 Å². The number of epoxide rings is 1. The molecule has 19 heavy (non-hydrogen) atoms. The number of anilines is 1. The van der Waals surface area contributed by atoms with E-state index in [9.17, 15) is 9.90 Å². The smallest absolute Gasteiger partial charge is 0.256 e. The van der Waals surface area contributed by atoms with E-state index in [4.69, 9.17) is 4.74 Å². The number of rotatable bonds is 3. The van der Waals surface area contributed by atoms with E-state index < -0.39 is 6.10 Å². The van der Waals surface area contributed by atoms with Crippen molar-refractivity contribution >= 4 is 11.6 Å². The normalized spacial score (nSPS) is 28.1. The largest absolute Gasteiger partial charge is 0.506 e. The van der Waals surface area contributed by atoms with Crippen molar-refractivity contribution in [1.29, 1.82) is 0 Å². The van der Waals surface area contributed by atoms with Crippen LogP contribution in [0.2, 0.25) is 0 Å². The number of nitrogens with one attached hydrogen (secondary N) is 1. The maximum Gasteiger partial charge on any atom is 0.256 e. The zero-order valence-electron chi connectivity index (χ0n) is 10.3. The van der Waals surface area contributed by atoms with E-state index in [0.717, 1.165) is 6.42 Å². The molecule has 0 spiro atoms. The molecule has 2 aliphatic rings. The summed E-state index contributed by atoms with van der Waals surface area (Å²) in [6, 6.07) is 6.67. The highest BCUT2D eigenvalue weighted by Gasteiger charge is 2.48. The standard InChI is InChI=1S/C15H15NO3/c17-12-9-5-4-8-11(12)16-15(18)14-13(19-14)10-6-2-1-3-7-10/h1-6,8-10,13-14,17H,7H2,(H,16,18)/t10?,13-,14+/m0/s1. The molecule has 0 bridgehead atoms. The fraction of sp³-hybridized carbons (Fsp3) is 0.267. The molecule has 1 saturated heterocycles. The Bertz CT molecular complexity index is 550. The fourth-order valence-electron chi connectivity index (χ4n) is 2.29. The van der Waals surface area contributed by atoms with E-state index >= 15 is 0 Å². The quantitative estimate of drug-likeness (QED) is 0.644. The van der Waals surface area contributed by atoms with Crippen molar-refractivity contribution in [1.82, 2.24) is 0 Å². The van der Waals surface area contributed by atoms with E-state index in [1.54, 1.807) is 18.2 Å². The summed E-state index contributed by atoms with van der Waals surface area (Å²) in [5.74, 6) is 0.133. The maximum atomic E-state index is 12.0. The van der Waals surface area contributed by atoms with E-state index in [1.165, 1.54) is 6.07 Å². The lowest BCUT2D eigenvalue weighted by molar-refractivity contribution is -0.117. The number of hydrogen-bond acceptors (Lipinski definition) is 3. The molecule has 1 amide bonds. The molecule has 1 aromatic carbocycles. The third-order valence-corrected chi connectivity index (χ3v) is 3.38. The molecule has 3 rings (SSSR count). The van der Waals surface area contributed by atoms with Crippen LogP contribution >= 0.6 is 0 Å². The zero-order valence-corrected chi connectivity index (χ0v) is 10.3. The Morgan fingerprint density at radius 2 is 2.16 bits per heavy atom. The molecule has 1 aliphatic heterocycles. The summed E-state index contributed by atoms with van der Waals surface area (Å²) in [5.41, 5.74) is 0.417. The summed E-state index contributed by atoms with van der Waals surface area (Å²) in [6.07, 6.45) is 8.56. The van der Waals surface area contributed by atoms with E-state index in [1.807, 2.05) is 12.2 Å². The number of aromatic hydroxyl groups is 1. The lowest BCUT2D eigenvalue weighted by Gasteiger charge is -2.09. The van der Waals surface area contributed by atoms with Crippen LogP contribution in [0.3, 0.4) is 0 Å². The SMILES string of the molecule is O=C(Nc1ccccc1O)[C@@H]1O[C@H]1C1C=CC=CC1. The first-order valence-electron chi connectivity index (χ1n) is 6.33. The fourth-order valence-corrected chi connectivity index (χ4v) is 2.29. The van der Waals surface area contributed by atoms with Gasteiger partial charge in [-0.2, -0.15) is 0 Å². The molecule has 0 radical (unpaired) electrons. The number of phenols is 1. The molecule has 3 atom stereocenters. The first-order chi connectivity index (χ1) is 9.25. The average molecular weight is 257 g/mol. The van der Waals surface area contributed by atoms with Gasteiger partial charge in [-0.1, -0.05) is 36.4 Å². The molecule has 4 nitrogen and oxygen atoms in total. The number of benzene rings is 1. The van der Waals surface area contributed by atoms with Crippen LogP contribution in [0.25, 0.3) is 0 Å². The van der Waals surface area contributed by atoms with Crippen LogP contribution in [0, 0.1) is 5.92 Å². The van der Waals surface area contributed by atoms with Crippen LogP contribution in [0.5, 0.6) is 5.75 Å². The van der Waals surface area contributed by atoms with Crippen molar-refractivity contribution in [3.8, 4) is 5.75 Å². The summed E-state index contributed by atoms with van der Waals surface area (Å²) in [4.78, 5) is 12.0. The minimum atomic E-state index is -0.416. The number of amides is 1. The average Bonchev–Trinajstić information content (AvgIpc) is 3.23. The second-order valence-corrected chi connectivity index (χ2v) is 4.74. The van der Waals surface area contributed by atoms with Crippen molar-refractivity contribution in [2.24, 2.45) is 5.92 Å². The Morgan fingerprint density at radius 3 is 2.89 bits per heavy atom. The number of ether oxygens (including phenoxy) is 1. The van der Waals surface area contributed by atoms with Crippen LogP contribution in [-0.4, -0.2) is 23.2 Å². The van der Waals surface area contributed by atoms with Gasteiger partial charge in [0.1, 0.15) is 11.9 Å². The van der Waals surface area contributed by atoms with Gasteiger partial charge in [-0.15, -0.1) is 0 Å². The molecule has 1 heterocycles. The lowest BCUT2D eigenvalue weighted by Crippen LogP contribution is -2.22. The van der Waals surface area contributed by atoms with Gasteiger partial charge in [-0.05, 0) is 18.6 Å². The lowest BCUT2D eigenvalue weighted by atomic mass is 9.95. The maximum absolute atomic E-state index is 12.0. The Kier molecular flexibility index (Phi) is 3.09. The molecule has 4 heteroatoms. The highest BCUT2D eigenvalue weighted by Crippen LogP contribution is 2.35. The number of carbonyl (C=O) groups is 1. The summed E-state index contributed by atoms with van der Waals surface area (Å²) >= 11 is 0. The van der Waals surface area contributed by atoms with Gasteiger partial charge in [-0.3, -0.25) is 4.79 Å². The minimum absolute atomic E-state index is 0.0490. The molecule has 0 saturated carbocycles. The topological polar surface area (TPSA) is 61.9 Å². The Morgan fingerprint density at radius 1 is 1.32 bits per heavy atom. The molecule has 98 valence electrons. The first kappa shape index (κ1) is 12.0. The molecule has 1 unspecified atom stereocenters. The second kappa shape index (κ2) is 4.90. The molecule has 1 aromatic rings. The Labute approximate surface area is 111 Å². The van der Waals surface area contributed by atoms with Gasteiger partial charge < -0.3 is 15.2 Å². The number of allylic oxidation sites excluding steroid dienone is 3. The van der Waals surface area contributed by atoms with Gasteiger partial charge in [0.2, 0.25) is 0 Å². The molecule has 2 N–H and O–H groups in total. The second-order valence-electron chi connectivity index (χ2n) is 4.74. The number of carbonyl (C=O) groups excluding carboxylic acids is 1. The molecular formula is C15H15NO3. The number of para-hydroxylation sites is 2. The molecule has 1 fully saturated rings. The first-order valence-corrected chi connectivity index (χ1v) is 6.33. The Hall–Kier alpha value is -2.07. The van der Waals surface area contributed by atoms with Crippen LogP contribution in [0.4, 0.5) is 5.69 Å². The highest BCUT2D eigenvalue weighted by molar-refractivity contribution is 5.97. The zero-order chi connectivity index (χ0) is 13.2. The molecule has 0 aromatic heterocycles. The number of hydrogen-bond donors (Lipinski definition) is 2. The van der Waals surface area contributed by atoms with Crippen molar-refractivity contribution in [3.63, 3.8) is 0 Å². The van der Waals surface area contributed by atoms with E-state index in [0.29, 0.717) is 5.69 Å². The highest BCUT2D eigenvalue weighted by atomic mass is 16.6. The van der Waals surface area contributed by atoms with E-state index in [-0.39, 0.29) is 23.7 Å². The van der Waals surface area contributed by atoms with Crippen molar-refractivity contribution in [2.75, 3.05) is 5.32 Å². The minimum Gasteiger partial charge on any atom is -0.506 e. The molecular weight excluding hydrogens is 242 g/mol. The third kappa shape index (κ3) is 2.53. The third-order valence-electron chi connectivity index (χ3n) is 3.38. The van der Waals surface area contributed by atoms with Crippen LogP contribution in [-0.2, 0) is 9.53 Å². The van der Waals surface area contributed by atoms with Crippen LogP contribution in [0.15, 0.2) is 48.6 Å². The van der Waals surface area contributed by atoms with Crippen LogP contribution in [0.1, 0.15) is 6.42 Å². The number of phenolic OH excluding ortho intramolecular Hbond substituents is 1. The van der Waals surface area contributed by atoms with Crippen LogP contribution < -0.4 is 5.32 Å². The van der Waals surface area contributed by atoms with Crippen molar-refractivity contribution in [3.05, 3.63) is 48.6 Å². The molecule has 1 aliphatic carbocycles. The van der Waals surface area contributed by atoms with Gasteiger partial charge in [0, 0.05) is 5.92 Å². The van der Waals surface area contributed by atoms with Gasteiger partial charge in [0.15, 0.2) is 6.10 Å². The van der Waals surface area contributed by atoms with Gasteiger partial charge in [0.25, 0.3) is 5.91 Å². The summed E-state index contributed by atoms with van der Waals surface area (Å²) in [6.45, 7) is 0. The monoisotopic (exact) mass is 257 g/mol. The summed E-state index contributed by atoms with van der Waals surface area (Å²) in [7, 11) is 0. The van der Waals surface area contributed by atoms with E-state index in [2.05, 4.69) is 17.5 Å². The predicted molar refractivity (Wildman–Crippen MR) is 71.8 cm³/mol. The van der Waals surface area contributed by atoms with Gasteiger partial charge >= 0.3 is 0 Å². The van der Waals surface area contributed by atoms with Gasteiger partial charge in [-0.25, -0.2) is 0 Å². The Balaban J connectivity index is 1.60. The summed E-state index contributed by atoms with van der Waals surface area (Å²) in [5, 5.41) is 12.3. The summed E-state index contributed by atoms with van der Waals surface area (Å²) < 4.78 is 5.45. The predicted octanol–water partition coefficient (Wildman–Crippen LogP) is 2.23. The van der Waals surface area contributed by atoms with Crippen molar-refractivity contribution in [2.45, 2.75) is 18.6 Å². The van der Waals surface area contributed by atoms with Crippen molar-refractivity contribution < 1.29 is 14.6 Å².